The average Bonchev–Trinajstić information content (AvgIpc) is 2.70. The first-order valence-corrected chi connectivity index (χ1v) is 7.78. The summed E-state index contributed by atoms with van der Waals surface area (Å²) in [5.74, 6) is 1.90. The van der Waals surface area contributed by atoms with E-state index in [1.807, 2.05) is 61.5 Å². The van der Waals surface area contributed by atoms with Crippen LogP contribution < -0.4 is 9.47 Å². The number of methoxy groups -OCH3 is 1. The molecule has 0 spiro atoms. The monoisotopic (exact) mass is 308 g/mol. The van der Waals surface area contributed by atoms with Crippen LogP contribution in [0.4, 0.5) is 0 Å². The molecule has 0 radical (unpaired) electrons. The van der Waals surface area contributed by atoms with Gasteiger partial charge in [0.05, 0.1) is 7.11 Å². The summed E-state index contributed by atoms with van der Waals surface area (Å²) in [6.07, 6.45) is 4.90. The number of rotatable bonds is 3. The fourth-order valence-corrected chi connectivity index (χ4v) is 2.77. The number of para-hydroxylation sites is 1. The summed E-state index contributed by atoms with van der Waals surface area (Å²) in [5.41, 5.74) is 3.05. The Hall–Kier alpha value is -2.55. The second-order valence-corrected chi connectivity index (χ2v) is 5.79. The van der Waals surface area contributed by atoms with Crippen molar-refractivity contribution < 1.29 is 14.3 Å². The van der Waals surface area contributed by atoms with Gasteiger partial charge in [-0.15, -0.1) is 0 Å². The fourth-order valence-electron chi connectivity index (χ4n) is 2.77. The van der Waals surface area contributed by atoms with Gasteiger partial charge < -0.3 is 9.47 Å². The molecule has 0 aliphatic carbocycles. The molecule has 0 saturated carbocycles. The van der Waals surface area contributed by atoms with E-state index >= 15 is 0 Å². The Bertz CT molecular complexity index is 729. The standard InChI is InChI=1S/C20H20O3/c1-14-12-18(21)13-17-5-3-4-16(20(17)23-14)9-6-15-7-10-19(22-2)11-8-15/h3-11,14H,12-13H2,1-2H3/b9-6+/t14-/m1/s1. The zero-order valence-corrected chi connectivity index (χ0v) is 13.4. The average molecular weight is 308 g/mol. The third-order valence-corrected chi connectivity index (χ3v) is 3.92. The highest BCUT2D eigenvalue weighted by Crippen LogP contribution is 2.31. The smallest absolute Gasteiger partial charge is 0.141 e. The van der Waals surface area contributed by atoms with Gasteiger partial charge >= 0.3 is 0 Å². The molecule has 0 saturated heterocycles. The van der Waals surface area contributed by atoms with Crippen molar-refractivity contribution in [3.05, 3.63) is 59.2 Å². The molecule has 2 aromatic carbocycles. The van der Waals surface area contributed by atoms with Crippen molar-refractivity contribution in [2.75, 3.05) is 7.11 Å². The largest absolute Gasteiger partial charge is 0.497 e. The Labute approximate surface area is 136 Å². The molecule has 0 unspecified atom stereocenters. The van der Waals surface area contributed by atoms with E-state index < -0.39 is 0 Å². The molecule has 0 amide bonds. The maximum atomic E-state index is 11.9. The summed E-state index contributed by atoms with van der Waals surface area (Å²) in [4.78, 5) is 11.9. The molecular formula is C20H20O3. The third-order valence-electron chi connectivity index (χ3n) is 3.92. The maximum Gasteiger partial charge on any atom is 0.141 e. The van der Waals surface area contributed by atoms with Gasteiger partial charge in [0.1, 0.15) is 23.4 Å². The van der Waals surface area contributed by atoms with Crippen LogP contribution in [0.5, 0.6) is 11.5 Å². The highest BCUT2D eigenvalue weighted by molar-refractivity contribution is 5.84. The quantitative estimate of drug-likeness (QED) is 0.799. The van der Waals surface area contributed by atoms with Gasteiger partial charge in [0.25, 0.3) is 0 Å². The van der Waals surface area contributed by atoms with E-state index in [4.69, 9.17) is 9.47 Å². The van der Waals surface area contributed by atoms with Crippen molar-refractivity contribution >= 4 is 17.9 Å². The topological polar surface area (TPSA) is 35.5 Å². The van der Waals surface area contributed by atoms with E-state index in [-0.39, 0.29) is 11.9 Å². The summed E-state index contributed by atoms with van der Waals surface area (Å²) >= 11 is 0. The van der Waals surface area contributed by atoms with E-state index in [2.05, 4.69) is 0 Å². The Balaban J connectivity index is 1.89. The number of fused-ring (bicyclic) bond motifs is 1. The lowest BCUT2D eigenvalue weighted by atomic mass is 10.0. The molecule has 0 aromatic heterocycles. The molecule has 1 heterocycles. The van der Waals surface area contributed by atoms with E-state index in [0.717, 1.165) is 28.2 Å². The highest BCUT2D eigenvalue weighted by Gasteiger charge is 2.21. The number of Topliss-reactive ketones (excluding diaryl/α,β-unsaturated/α-hetero) is 1. The van der Waals surface area contributed by atoms with E-state index in [9.17, 15) is 4.79 Å². The van der Waals surface area contributed by atoms with Crippen LogP contribution in [-0.2, 0) is 11.2 Å². The van der Waals surface area contributed by atoms with Crippen LogP contribution in [0.1, 0.15) is 30.0 Å². The predicted molar refractivity (Wildman–Crippen MR) is 91.8 cm³/mol. The molecule has 23 heavy (non-hydrogen) atoms. The molecule has 1 atom stereocenters. The maximum absolute atomic E-state index is 11.9. The van der Waals surface area contributed by atoms with Gasteiger partial charge in [0.15, 0.2) is 0 Å². The minimum Gasteiger partial charge on any atom is -0.497 e. The summed E-state index contributed by atoms with van der Waals surface area (Å²) in [5, 5.41) is 0. The van der Waals surface area contributed by atoms with Crippen LogP contribution in [0.15, 0.2) is 42.5 Å². The first kappa shape index (κ1) is 15.3. The van der Waals surface area contributed by atoms with Crippen molar-refractivity contribution in [1.29, 1.82) is 0 Å². The summed E-state index contributed by atoms with van der Waals surface area (Å²) in [7, 11) is 1.66. The predicted octanol–water partition coefficient (Wildman–Crippen LogP) is 4.15. The van der Waals surface area contributed by atoms with Crippen LogP contribution in [0.3, 0.4) is 0 Å². The van der Waals surface area contributed by atoms with Crippen molar-refractivity contribution in [3.63, 3.8) is 0 Å². The Kier molecular flexibility index (Phi) is 4.47. The second kappa shape index (κ2) is 6.69. The first-order valence-electron chi connectivity index (χ1n) is 7.78. The van der Waals surface area contributed by atoms with Gasteiger partial charge in [-0.3, -0.25) is 4.79 Å². The third kappa shape index (κ3) is 3.62. The van der Waals surface area contributed by atoms with Crippen LogP contribution in [-0.4, -0.2) is 19.0 Å². The number of hydrogen-bond acceptors (Lipinski definition) is 3. The molecule has 0 bridgehead atoms. The Morgan fingerprint density at radius 3 is 2.65 bits per heavy atom. The normalized spacial score (nSPS) is 17.5. The number of ketones is 1. The number of benzene rings is 2. The van der Waals surface area contributed by atoms with Crippen molar-refractivity contribution in [2.24, 2.45) is 0 Å². The van der Waals surface area contributed by atoms with Crippen molar-refractivity contribution in [3.8, 4) is 11.5 Å². The number of hydrogen-bond donors (Lipinski definition) is 0. The molecule has 1 aliphatic rings. The van der Waals surface area contributed by atoms with Gasteiger partial charge in [-0.25, -0.2) is 0 Å². The lowest BCUT2D eigenvalue weighted by Crippen LogP contribution is -2.14. The van der Waals surface area contributed by atoms with Gasteiger partial charge in [-0.2, -0.15) is 0 Å². The van der Waals surface area contributed by atoms with Crippen molar-refractivity contribution in [1.82, 2.24) is 0 Å². The van der Waals surface area contributed by atoms with Gasteiger partial charge in [0.2, 0.25) is 0 Å². The molecule has 118 valence electrons. The van der Waals surface area contributed by atoms with Crippen molar-refractivity contribution in [2.45, 2.75) is 25.9 Å². The van der Waals surface area contributed by atoms with Crippen LogP contribution in [0, 0.1) is 0 Å². The van der Waals surface area contributed by atoms with Gasteiger partial charge in [-0.1, -0.05) is 42.5 Å². The summed E-state index contributed by atoms with van der Waals surface area (Å²) in [6.45, 7) is 1.94. The number of carbonyl (C=O) groups excluding carboxylic acids is 1. The van der Waals surface area contributed by atoms with Gasteiger partial charge in [-0.05, 0) is 24.6 Å². The molecule has 3 heteroatoms. The molecule has 0 N–H and O–H groups in total. The molecule has 1 aliphatic heterocycles. The Morgan fingerprint density at radius 2 is 1.91 bits per heavy atom. The lowest BCUT2D eigenvalue weighted by molar-refractivity contribution is -0.119. The fraction of sp³-hybridized carbons (Fsp3) is 0.250. The zero-order chi connectivity index (χ0) is 16.2. The minimum absolute atomic E-state index is 0.0840. The molecule has 3 nitrogen and oxygen atoms in total. The molecule has 0 fully saturated rings. The van der Waals surface area contributed by atoms with Gasteiger partial charge in [0, 0.05) is 24.0 Å². The molecule has 2 aromatic rings. The Morgan fingerprint density at radius 1 is 1.13 bits per heavy atom. The lowest BCUT2D eigenvalue weighted by Gasteiger charge is -2.14. The summed E-state index contributed by atoms with van der Waals surface area (Å²) in [6, 6.07) is 13.8. The first-order chi connectivity index (χ1) is 11.2. The van der Waals surface area contributed by atoms with Crippen LogP contribution in [0.2, 0.25) is 0 Å². The molecule has 3 rings (SSSR count). The second-order valence-electron chi connectivity index (χ2n) is 5.79. The van der Waals surface area contributed by atoms with E-state index in [1.54, 1.807) is 7.11 Å². The number of carbonyl (C=O) groups is 1. The van der Waals surface area contributed by atoms with E-state index in [0.29, 0.717) is 12.8 Å². The minimum atomic E-state index is -0.0840. The van der Waals surface area contributed by atoms with Crippen LogP contribution in [0.25, 0.3) is 12.2 Å². The number of ether oxygens (including phenoxy) is 2. The highest BCUT2D eigenvalue weighted by atomic mass is 16.5. The zero-order valence-electron chi connectivity index (χ0n) is 13.4. The van der Waals surface area contributed by atoms with Crippen LogP contribution >= 0.6 is 0 Å². The molecular weight excluding hydrogens is 288 g/mol. The van der Waals surface area contributed by atoms with E-state index in [1.165, 1.54) is 0 Å². The SMILES string of the molecule is COc1ccc(/C=C/c2cccc3c2O[C@H](C)CC(=O)C3)cc1. The summed E-state index contributed by atoms with van der Waals surface area (Å²) < 4.78 is 11.2.